The topological polar surface area (TPSA) is 114 Å². The van der Waals surface area contributed by atoms with Gasteiger partial charge in [0.1, 0.15) is 0 Å². The minimum Gasteiger partial charge on any atom is -0.390 e. The number of thioether (sulfide) groups is 1. The van der Waals surface area contributed by atoms with E-state index in [1.165, 1.54) is 24.8 Å². The summed E-state index contributed by atoms with van der Waals surface area (Å²) in [4.78, 5) is 15.9. The molecule has 2 unspecified atom stereocenters. The second kappa shape index (κ2) is 10.9. The van der Waals surface area contributed by atoms with Crippen LogP contribution < -0.4 is 16.2 Å². The van der Waals surface area contributed by atoms with Crippen molar-refractivity contribution < 1.29 is 9.90 Å². The molecule has 2 atom stereocenters. The first-order valence-corrected chi connectivity index (χ1v) is 12.3. The van der Waals surface area contributed by atoms with Gasteiger partial charge in [-0.2, -0.15) is 0 Å². The average Bonchev–Trinajstić information content (AvgIpc) is 3.21. The van der Waals surface area contributed by atoms with Gasteiger partial charge in [0.15, 0.2) is 0 Å². The zero-order valence-electron chi connectivity index (χ0n) is 18.5. The van der Waals surface area contributed by atoms with E-state index in [2.05, 4.69) is 24.9 Å². The van der Waals surface area contributed by atoms with Crippen LogP contribution in [0.4, 0.5) is 4.79 Å². The average molecular weight is 453 g/mol. The van der Waals surface area contributed by atoms with Crippen LogP contribution in [0.3, 0.4) is 0 Å². The van der Waals surface area contributed by atoms with Crippen LogP contribution >= 0.6 is 23.7 Å². The predicted molar refractivity (Wildman–Crippen MR) is 130 cm³/mol. The minimum absolute atomic E-state index is 0.249. The number of nitrogens with one attached hydrogen (secondary N) is 1. The van der Waals surface area contributed by atoms with Gasteiger partial charge in [0.2, 0.25) is 0 Å². The van der Waals surface area contributed by atoms with Gasteiger partial charge < -0.3 is 16.2 Å². The number of rotatable bonds is 6. The van der Waals surface area contributed by atoms with E-state index in [1.54, 1.807) is 11.8 Å². The molecule has 0 aromatic rings. The molecule has 0 saturated heterocycles. The van der Waals surface area contributed by atoms with Crippen LogP contribution in [-0.2, 0) is 0 Å². The van der Waals surface area contributed by atoms with E-state index in [1.807, 2.05) is 20.8 Å². The summed E-state index contributed by atoms with van der Waals surface area (Å²) in [5.41, 5.74) is 8.51. The van der Waals surface area contributed by atoms with Crippen LogP contribution in [-0.4, -0.2) is 34.7 Å². The predicted octanol–water partition coefficient (Wildman–Crippen LogP) is 4.33. The van der Waals surface area contributed by atoms with Crippen molar-refractivity contribution in [3.63, 3.8) is 0 Å². The van der Waals surface area contributed by atoms with Crippen molar-refractivity contribution >= 4 is 35.5 Å². The second-order valence-corrected chi connectivity index (χ2v) is 10.9. The molecule has 1 aliphatic heterocycles. The number of urea groups is 1. The summed E-state index contributed by atoms with van der Waals surface area (Å²) in [5, 5.41) is 17.7. The molecule has 1 heterocycles. The molecule has 2 amide bonds. The molecule has 6 N–H and O–H groups in total. The van der Waals surface area contributed by atoms with E-state index in [-0.39, 0.29) is 5.92 Å². The van der Waals surface area contributed by atoms with E-state index in [0.717, 1.165) is 57.8 Å². The van der Waals surface area contributed by atoms with Gasteiger partial charge in [0.25, 0.3) is 0 Å². The maximum Gasteiger partial charge on any atom is 0.316 e. The Hall–Kier alpha value is -1.22. The van der Waals surface area contributed by atoms with E-state index < -0.39 is 11.6 Å². The van der Waals surface area contributed by atoms with E-state index in [4.69, 9.17) is 15.9 Å². The van der Waals surface area contributed by atoms with Gasteiger partial charge in [-0.25, -0.2) is 4.79 Å². The lowest BCUT2D eigenvalue weighted by Gasteiger charge is -2.22. The Balaban J connectivity index is 0.000000248. The number of amides is 2. The number of allylic oxidation sites excluding steroid dienone is 2. The van der Waals surface area contributed by atoms with Crippen molar-refractivity contribution in [1.29, 1.82) is 0 Å². The molecule has 0 radical (unpaired) electrons. The molecule has 0 aromatic carbocycles. The number of primary amides is 1. The first-order chi connectivity index (χ1) is 14.0. The Kier molecular flexibility index (Phi) is 9.09. The summed E-state index contributed by atoms with van der Waals surface area (Å²) in [6, 6.07) is -0.536. The van der Waals surface area contributed by atoms with Crippen molar-refractivity contribution in [3.8, 4) is 0 Å². The molecule has 2 aliphatic carbocycles. The third kappa shape index (κ3) is 7.48. The Morgan fingerprint density at radius 1 is 1.43 bits per heavy atom. The highest BCUT2D eigenvalue weighted by Gasteiger charge is 2.30. The summed E-state index contributed by atoms with van der Waals surface area (Å²) in [5.74, 6) is 2.43. The zero-order chi connectivity index (χ0) is 22.5. The quantitative estimate of drug-likeness (QED) is 0.448. The number of carbonyl (C=O) groups excluding carboxylic acids is 1. The van der Waals surface area contributed by atoms with E-state index in [0.29, 0.717) is 5.92 Å². The monoisotopic (exact) mass is 452 g/mol. The number of hydrogen-bond donors (Lipinski definition) is 4. The van der Waals surface area contributed by atoms with Crippen LogP contribution in [0.25, 0.3) is 0 Å². The summed E-state index contributed by atoms with van der Waals surface area (Å²) in [6.45, 7) is 12.6. The van der Waals surface area contributed by atoms with Gasteiger partial charge in [-0.1, -0.05) is 19.6 Å². The van der Waals surface area contributed by atoms with Crippen LogP contribution in [0.15, 0.2) is 38.7 Å². The molecule has 2 fully saturated rings. The Morgan fingerprint density at radius 3 is 2.53 bits per heavy atom. The van der Waals surface area contributed by atoms with Crippen LogP contribution in [0.1, 0.15) is 53.4 Å². The first kappa shape index (κ1) is 25.0. The maximum absolute atomic E-state index is 11.1. The highest BCUT2D eigenvalue weighted by molar-refractivity contribution is 8.21. The highest BCUT2D eigenvalue weighted by Crippen LogP contribution is 2.39. The minimum atomic E-state index is -0.607. The standard InChI is InChI=1S/C15H23N3O.C7H13NOS2/c1-9(2)13(18-15(16)19)12-7-4-10(3)14(12)17-8-11-5-6-11;1-7(2,9)5-3-6(11-8)10-4-5/h10-11H,1,4-8H2,2-3H3,(H3,16,18,19);3,5,9H,4,8H2,1-2H3/b13-12+,17-14?;. The summed E-state index contributed by atoms with van der Waals surface area (Å²) in [6.07, 6.45) is 6.67. The van der Waals surface area contributed by atoms with Gasteiger partial charge in [-0.15, -0.1) is 11.8 Å². The highest BCUT2D eigenvalue weighted by atomic mass is 32.2. The van der Waals surface area contributed by atoms with Gasteiger partial charge in [-0.05, 0) is 81.4 Å². The number of carbonyl (C=O) groups is 1. The molecule has 0 aromatic heterocycles. The molecule has 8 heteroatoms. The van der Waals surface area contributed by atoms with Crippen LogP contribution in [0.2, 0.25) is 0 Å². The lowest BCUT2D eigenvalue weighted by Crippen LogP contribution is -2.30. The van der Waals surface area contributed by atoms with Gasteiger partial charge in [-0.3, -0.25) is 10.1 Å². The Morgan fingerprint density at radius 2 is 2.10 bits per heavy atom. The number of hydrogen-bond acceptors (Lipinski definition) is 6. The van der Waals surface area contributed by atoms with E-state index >= 15 is 0 Å². The Bertz CT molecular complexity index is 749. The summed E-state index contributed by atoms with van der Waals surface area (Å²) >= 11 is 2.98. The molecular weight excluding hydrogens is 416 g/mol. The van der Waals surface area contributed by atoms with Crippen LogP contribution in [0, 0.1) is 17.8 Å². The second-order valence-electron chi connectivity index (χ2n) is 8.91. The Labute approximate surface area is 189 Å². The lowest BCUT2D eigenvalue weighted by atomic mass is 9.93. The van der Waals surface area contributed by atoms with Crippen molar-refractivity contribution in [2.24, 2.45) is 33.6 Å². The molecular formula is C22H36N4O2S2. The molecule has 0 spiro atoms. The molecule has 3 rings (SSSR count). The van der Waals surface area contributed by atoms with Crippen molar-refractivity contribution in [2.45, 2.75) is 59.0 Å². The normalized spacial score (nSPS) is 26.7. The molecule has 0 bridgehead atoms. The van der Waals surface area contributed by atoms with Crippen molar-refractivity contribution in [2.75, 3.05) is 12.3 Å². The largest absolute Gasteiger partial charge is 0.390 e. The number of aliphatic imine (C=N–C) groups is 1. The fourth-order valence-electron chi connectivity index (χ4n) is 3.43. The first-order valence-electron chi connectivity index (χ1n) is 10.5. The fraction of sp³-hybridized carbons (Fsp3) is 0.636. The third-order valence-electron chi connectivity index (χ3n) is 5.56. The van der Waals surface area contributed by atoms with Crippen LogP contribution in [0.5, 0.6) is 0 Å². The van der Waals surface area contributed by atoms with Crippen molar-refractivity contribution in [1.82, 2.24) is 5.32 Å². The molecule has 6 nitrogen and oxygen atoms in total. The number of nitrogens with zero attached hydrogens (tertiary/aromatic N) is 1. The molecule has 3 aliphatic rings. The number of aliphatic hydroxyl groups is 1. The van der Waals surface area contributed by atoms with Crippen molar-refractivity contribution in [3.05, 3.63) is 33.7 Å². The summed E-state index contributed by atoms with van der Waals surface area (Å²) in [7, 11) is 0. The fourth-order valence-corrected chi connectivity index (χ4v) is 5.26. The van der Waals surface area contributed by atoms with Gasteiger partial charge in [0.05, 0.1) is 9.84 Å². The number of nitrogens with two attached hydrogens (primary N) is 2. The van der Waals surface area contributed by atoms with E-state index in [9.17, 15) is 9.90 Å². The SMILES string of the molecule is C=C(C)/C(NC(N)=O)=C1/CCC(C)C1=NCC1CC1.CC(C)(O)C1C=C(SN)SC1. The summed E-state index contributed by atoms with van der Waals surface area (Å²) < 4.78 is 1.12. The maximum atomic E-state index is 11.1. The molecule has 30 heavy (non-hydrogen) atoms. The zero-order valence-corrected chi connectivity index (χ0v) is 20.2. The molecule has 2 saturated carbocycles. The smallest absolute Gasteiger partial charge is 0.316 e. The van der Waals surface area contributed by atoms with Gasteiger partial charge >= 0.3 is 6.03 Å². The third-order valence-corrected chi connectivity index (χ3v) is 7.52. The van der Waals surface area contributed by atoms with Gasteiger partial charge in [0, 0.05) is 29.6 Å². The lowest BCUT2D eigenvalue weighted by molar-refractivity contribution is 0.0466. The molecule has 168 valence electrons.